The summed E-state index contributed by atoms with van der Waals surface area (Å²) in [5.41, 5.74) is 0. The number of nitrogens with two attached hydrogens (primary N) is 1. The fourth-order valence-electron chi connectivity index (χ4n) is 0.445. The third-order valence-electron chi connectivity index (χ3n) is 0.890. The summed E-state index contributed by atoms with van der Waals surface area (Å²) in [7, 11) is 0. The topological polar surface area (TPSA) is 49.5 Å². The maximum atomic E-state index is 8.78. The van der Waals surface area contributed by atoms with Gasteiger partial charge < -0.3 is 5.11 Å². The molecule has 0 aliphatic carbocycles. The molecule has 0 amide bonds. The average molecular weight is 120 g/mol. The van der Waals surface area contributed by atoms with Crippen LogP contribution < -0.4 is 5.84 Å². The lowest BCUT2D eigenvalue weighted by Gasteiger charge is -2.09. The van der Waals surface area contributed by atoms with Gasteiger partial charge in [0.25, 0.3) is 0 Å². The van der Waals surface area contributed by atoms with Crippen molar-refractivity contribution in [2.24, 2.45) is 5.84 Å². The van der Waals surface area contributed by atoms with E-state index in [1.807, 2.05) is 0 Å². The van der Waals surface area contributed by atoms with E-state index < -0.39 is 6.23 Å². The van der Waals surface area contributed by atoms with Gasteiger partial charge in [0.2, 0.25) is 0 Å². The SMILES string of the molecule is NN1CSCC1O. The second-order valence-corrected chi connectivity index (χ2v) is 2.49. The molecule has 0 radical (unpaired) electrons. The summed E-state index contributed by atoms with van der Waals surface area (Å²) >= 11 is 1.64. The van der Waals surface area contributed by atoms with E-state index in [-0.39, 0.29) is 0 Å². The number of aliphatic hydroxyl groups is 1. The van der Waals surface area contributed by atoms with Crippen LogP contribution >= 0.6 is 11.8 Å². The summed E-state index contributed by atoms with van der Waals surface area (Å²) in [6.07, 6.45) is -0.412. The van der Waals surface area contributed by atoms with Gasteiger partial charge in [-0.2, -0.15) is 0 Å². The standard InChI is InChI=1S/C3H8N2OS/c4-5-2-7-1-3(5)6/h3,6H,1-2,4H2. The Labute approximate surface area is 46.5 Å². The minimum absolute atomic E-state index is 0.412. The van der Waals surface area contributed by atoms with Crippen molar-refractivity contribution in [1.29, 1.82) is 0 Å². The van der Waals surface area contributed by atoms with Crippen molar-refractivity contribution in [2.45, 2.75) is 6.23 Å². The van der Waals surface area contributed by atoms with Crippen LogP contribution in [-0.4, -0.2) is 28.0 Å². The number of rotatable bonds is 0. The summed E-state index contributed by atoms with van der Waals surface area (Å²) in [5.74, 6) is 6.74. The predicted molar refractivity (Wildman–Crippen MR) is 29.4 cm³/mol. The van der Waals surface area contributed by atoms with Gasteiger partial charge in [-0.15, -0.1) is 11.8 Å². The molecule has 0 bridgehead atoms. The molecular formula is C3H8N2OS. The first-order chi connectivity index (χ1) is 3.30. The molecule has 0 aromatic heterocycles. The van der Waals surface area contributed by atoms with Crippen molar-refractivity contribution in [1.82, 2.24) is 5.01 Å². The molecule has 7 heavy (non-hydrogen) atoms. The predicted octanol–water partition coefficient (Wildman–Crippen LogP) is -0.815. The zero-order valence-electron chi connectivity index (χ0n) is 3.87. The number of thioether (sulfide) groups is 1. The van der Waals surface area contributed by atoms with E-state index in [2.05, 4.69) is 0 Å². The lowest BCUT2D eigenvalue weighted by molar-refractivity contribution is 0.0472. The average Bonchev–Trinajstić information content (AvgIpc) is 1.91. The minimum Gasteiger partial charge on any atom is -0.376 e. The summed E-state index contributed by atoms with van der Waals surface area (Å²) < 4.78 is 0. The molecule has 1 aliphatic heterocycles. The highest BCUT2D eigenvalue weighted by Gasteiger charge is 2.17. The number of hydrogen-bond acceptors (Lipinski definition) is 4. The fourth-order valence-corrected chi connectivity index (χ4v) is 1.34. The molecule has 3 nitrogen and oxygen atoms in total. The summed E-state index contributed by atoms with van der Waals surface area (Å²) in [6.45, 7) is 0. The van der Waals surface area contributed by atoms with Crippen molar-refractivity contribution in [3.8, 4) is 0 Å². The highest BCUT2D eigenvalue weighted by Crippen LogP contribution is 2.13. The molecule has 1 fully saturated rings. The van der Waals surface area contributed by atoms with Gasteiger partial charge in [-0.05, 0) is 0 Å². The molecule has 1 rings (SSSR count). The molecule has 42 valence electrons. The monoisotopic (exact) mass is 120 g/mol. The fraction of sp³-hybridized carbons (Fsp3) is 1.00. The summed E-state index contributed by atoms with van der Waals surface area (Å²) in [5, 5.41) is 10.2. The van der Waals surface area contributed by atoms with E-state index in [0.717, 1.165) is 11.6 Å². The Morgan fingerprint density at radius 2 is 2.57 bits per heavy atom. The third kappa shape index (κ3) is 1.07. The lowest BCUT2D eigenvalue weighted by Crippen LogP contribution is -2.36. The summed E-state index contributed by atoms with van der Waals surface area (Å²) in [6, 6.07) is 0. The summed E-state index contributed by atoms with van der Waals surface area (Å²) in [4.78, 5) is 0. The van der Waals surface area contributed by atoms with Crippen molar-refractivity contribution in [2.75, 3.05) is 11.6 Å². The first-order valence-electron chi connectivity index (χ1n) is 2.08. The van der Waals surface area contributed by atoms with E-state index in [9.17, 15) is 0 Å². The van der Waals surface area contributed by atoms with Crippen LogP contribution in [0, 0.1) is 0 Å². The second kappa shape index (κ2) is 2.00. The molecule has 1 unspecified atom stereocenters. The van der Waals surface area contributed by atoms with E-state index in [0.29, 0.717) is 0 Å². The van der Waals surface area contributed by atoms with Gasteiger partial charge in [0.05, 0.1) is 5.88 Å². The van der Waals surface area contributed by atoms with Crippen LogP contribution in [0.1, 0.15) is 0 Å². The van der Waals surface area contributed by atoms with Gasteiger partial charge in [-0.25, -0.2) is 5.01 Å². The molecule has 0 aromatic carbocycles. The molecule has 1 atom stereocenters. The first kappa shape index (κ1) is 5.37. The molecule has 1 aliphatic rings. The van der Waals surface area contributed by atoms with Crippen LogP contribution in [0.15, 0.2) is 0 Å². The van der Waals surface area contributed by atoms with Gasteiger partial charge in [0, 0.05) is 5.75 Å². The van der Waals surface area contributed by atoms with Crippen LogP contribution in [0.2, 0.25) is 0 Å². The Balaban J connectivity index is 2.33. The molecular weight excluding hydrogens is 112 g/mol. The second-order valence-electron chi connectivity index (χ2n) is 1.49. The molecule has 1 saturated heterocycles. The largest absolute Gasteiger partial charge is 0.376 e. The smallest absolute Gasteiger partial charge is 0.129 e. The zero-order valence-corrected chi connectivity index (χ0v) is 4.69. The van der Waals surface area contributed by atoms with E-state index >= 15 is 0 Å². The van der Waals surface area contributed by atoms with Crippen molar-refractivity contribution in [3.63, 3.8) is 0 Å². The molecule has 0 aromatic rings. The Hall–Kier alpha value is 0.230. The highest BCUT2D eigenvalue weighted by molar-refractivity contribution is 7.99. The highest BCUT2D eigenvalue weighted by atomic mass is 32.2. The molecule has 3 N–H and O–H groups in total. The van der Waals surface area contributed by atoms with Crippen LogP contribution in [0.25, 0.3) is 0 Å². The van der Waals surface area contributed by atoms with Crippen molar-refractivity contribution < 1.29 is 5.11 Å². The number of nitrogens with zero attached hydrogens (tertiary/aromatic N) is 1. The normalized spacial score (nSPS) is 34.3. The Morgan fingerprint density at radius 3 is 2.71 bits per heavy atom. The van der Waals surface area contributed by atoms with E-state index in [1.54, 1.807) is 11.8 Å². The van der Waals surface area contributed by atoms with Crippen LogP contribution in [-0.2, 0) is 0 Å². The molecule has 0 spiro atoms. The quantitative estimate of drug-likeness (QED) is 0.410. The van der Waals surface area contributed by atoms with Gasteiger partial charge in [-0.1, -0.05) is 0 Å². The third-order valence-corrected chi connectivity index (χ3v) is 1.90. The number of aliphatic hydroxyl groups excluding tert-OH is 1. The van der Waals surface area contributed by atoms with Crippen LogP contribution in [0.3, 0.4) is 0 Å². The van der Waals surface area contributed by atoms with Gasteiger partial charge in [0.1, 0.15) is 6.23 Å². The van der Waals surface area contributed by atoms with Crippen molar-refractivity contribution in [3.05, 3.63) is 0 Å². The first-order valence-corrected chi connectivity index (χ1v) is 3.23. The Kier molecular flexibility index (Phi) is 1.53. The maximum Gasteiger partial charge on any atom is 0.129 e. The van der Waals surface area contributed by atoms with Gasteiger partial charge in [-0.3, -0.25) is 5.84 Å². The minimum atomic E-state index is -0.412. The Morgan fingerprint density at radius 1 is 1.86 bits per heavy atom. The molecule has 0 saturated carbocycles. The van der Waals surface area contributed by atoms with Gasteiger partial charge in [0.15, 0.2) is 0 Å². The van der Waals surface area contributed by atoms with Crippen molar-refractivity contribution >= 4 is 11.8 Å². The molecule has 4 heteroatoms. The van der Waals surface area contributed by atoms with E-state index in [1.165, 1.54) is 5.01 Å². The van der Waals surface area contributed by atoms with Gasteiger partial charge >= 0.3 is 0 Å². The van der Waals surface area contributed by atoms with Crippen LogP contribution in [0.5, 0.6) is 0 Å². The number of hydrazine groups is 1. The zero-order chi connectivity index (χ0) is 5.28. The lowest BCUT2D eigenvalue weighted by atomic mass is 10.7. The molecule has 1 heterocycles. The van der Waals surface area contributed by atoms with Crippen LogP contribution in [0.4, 0.5) is 0 Å². The van der Waals surface area contributed by atoms with E-state index in [4.69, 9.17) is 10.9 Å². The number of hydrogen-bond donors (Lipinski definition) is 2. The Bertz CT molecular complexity index is 62.0. The maximum absolute atomic E-state index is 8.78.